The summed E-state index contributed by atoms with van der Waals surface area (Å²) >= 11 is 0. The molecule has 1 aromatic rings. The molecule has 1 aliphatic rings. The van der Waals surface area contributed by atoms with Crippen molar-refractivity contribution in [2.24, 2.45) is 11.8 Å². The van der Waals surface area contributed by atoms with Crippen molar-refractivity contribution < 1.29 is 9.84 Å². The van der Waals surface area contributed by atoms with E-state index < -0.39 is 0 Å². The standard InChI is InChI=1S/C15H22O2/c1-10(2)8-11(3)15(16)13-4-5-14-12(9-13)6-7-17-14/h4-5,9-11,15-16H,6-8H2,1-3H3. The van der Waals surface area contributed by atoms with Gasteiger partial charge in [0.25, 0.3) is 0 Å². The zero-order chi connectivity index (χ0) is 12.4. The lowest BCUT2D eigenvalue weighted by Crippen LogP contribution is -2.11. The van der Waals surface area contributed by atoms with Gasteiger partial charge in [0, 0.05) is 6.42 Å². The van der Waals surface area contributed by atoms with E-state index in [0.29, 0.717) is 11.8 Å². The number of ether oxygens (including phenoxy) is 1. The minimum absolute atomic E-state index is 0.301. The van der Waals surface area contributed by atoms with E-state index in [1.54, 1.807) is 0 Å². The molecule has 0 spiro atoms. The Balaban J connectivity index is 2.11. The molecule has 0 saturated heterocycles. The summed E-state index contributed by atoms with van der Waals surface area (Å²) in [5, 5.41) is 10.3. The molecule has 2 heteroatoms. The van der Waals surface area contributed by atoms with Crippen LogP contribution in [0.25, 0.3) is 0 Å². The third-order valence-corrected chi connectivity index (χ3v) is 3.44. The minimum Gasteiger partial charge on any atom is -0.493 e. The zero-order valence-corrected chi connectivity index (χ0v) is 10.9. The highest BCUT2D eigenvalue weighted by Crippen LogP contribution is 2.32. The van der Waals surface area contributed by atoms with E-state index in [4.69, 9.17) is 4.74 Å². The number of rotatable bonds is 4. The molecule has 0 saturated carbocycles. The predicted molar refractivity (Wildman–Crippen MR) is 69.2 cm³/mol. The number of fused-ring (bicyclic) bond motifs is 1. The van der Waals surface area contributed by atoms with Gasteiger partial charge in [-0.2, -0.15) is 0 Å². The molecule has 17 heavy (non-hydrogen) atoms. The van der Waals surface area contributed by atoms with Gasteiger partial charge in [-0.15, -0.1) is 0 Å². The van der Waals surface area contributed by atoms with Crippen LogP contribution in [0, 0.1) is 11.8 Å². The van der Waals surface area contributed by atoms with Crippen molar-refractivity contribution in [3.63, 3.8) is 0 Å². The van der Waals surface area contributed by atoms with Crippen LogP contribution in [0.4, 0.5) is 0 Å². The Morgan fingerprint density at radius 3 is 2.76 bits per heavy atom. The van der Waals surface area contributed by atoms with Gasteiger partial charge in [-0.25, -0.2) is 0 Å². The van der Waals surface area contributed by atoms with E-state index in [1.165, 1.54) is 5.56 Å². The van der Waals surface area contributed by atoms with E-state index in [1.807, 2.05) is 12.1 Å². The molecule has 1 aliphatic heterocycles. The summed E-state index contributed by atoms with van der Waals surface area (Å²) < 4.78 is 5.48. The van der Waals surface area contributed by atoms with Gasteiger partial charge in [0.15, 0.2) is 0 Å². The van der Waals surface area contributed by atoms with Crippen LogP contribution in [0.2, 0.25) is 0 Å². The highest BCUT2D eigenvalue weighted by atomic mass is 16.5. The second kappa shape index (κ2) is 5.09. The number of benzene rings is 1. The molecule has 0 aliphatic carbocycles. The molecule has 0 bridgehead atoms. The first kappa shape index (κ1) is 12.4. The molecule has 2 unspecified atom stereocenters. The maximum absolute atomic E-state index is 10.3. The highest BCUT2D eigenvalue weighted by molar-refractivity contribution is 5.40. The van der Waals surface area contributed by atoms with E-state index in [9.17, 15) is 5.11 Å². The summed E-state index contributed by atoms with van der Waals surface area (Å²) in [6, 6.07) is 6.08. The van der Waals surface area contributed by atoms with Crippen molar-refractivity contribution in [1.82, 2.24) is 0 Å². The van der Waals surface area contributed by atoms with Gasteiger partial charge in [0.2, 0.25) is 0 Å². The van der Waals surface area contributed by atoms with E-state index >= 15 is 0 Å². The number of aliphatic hydroxyl groups is 1. The molecule has 0 radical (unpaired) electrons. The number of hydrogen-bond donors (Lipinski definition) is 1. The highest BCUT2D eigenvalue weighted by Gasteiger charge is 2.20. The first-order valence-electron chi connectivity index (χ1n) is 6.51. The van der Waals surface area contributed by atoms with Crippen LogP contribution in [-0.4, -0.2) is 11.7 Å². The van der Waals surface area contributed by atoms with Crippen LogP contribution in [-0.2, 0) is 6.42 Å². The van der Waals surface area contributed by atoms with Gasteiger partial charge >= 0.3 is 0 Å². The molecule has 1 N–H and O–H groups in total. The van der Waals surface area contributed by atoms with Gasteiger partial charge < -0.3 is 9.84 Å². The van der Waals surface area contributed by atoms with Crippen molar-refractivity contribution in [2.75, 3.05) is 6.61 Å². The average Bonchev–Trinajstić information content (AvgIpc) is 2.73. The maximum atomic E-state index is 10.3. The Kier molecular flexibility index (Phi) is 3.72. The van der Waals surface area contributed by atoms with Crippen LogP contribution in [0.1, 0.15) is 44.4 Å². The summed E-state index contributed by atoms with van der Waals surface area (Å²) in [5.74, 6) is 1.91. The van der Waals surface area contributed by atoms with Gasteiger partial charge in [-0.05, 0) is 41.5 Å². The van der Waals surface area contributed by atoms with Crippen molar-refractivity contribution in [3.8, 4) is 5.75 Å². The third-order valence-electron chi connectivity index (χ3n) is 3.44. The Morgan fingerprint density at radius 1 is 1.29 bits per heavy atom. The molecule has 0 fully saturated rings. The summed E-state index contributed by atoms with van der Waals surface area (Å²) in [4.78, 5) is 0. The molecule has 0 aromatic heterocycles. The normalized spacial score (nSPS) is 17.7. The molecule has 1 heterocycles. The topological polar surface area (TPSA) is 29.5 Å². The monoisotopic (exact) mass is 234 g/mol. The average molecular weight is 234 g/mol. The third kappa shape index (κ3) is 2.81. The van der Waals surface area contributed by atoms with Crippen molar-refractivity contribution in [3.05, 3.63) is 29.3 Å². The molecule has 2 rings (SSSR count). The van der Waals surface area contributed by atoms with E-state index in [0.717, 1.165) is 30.8 Å². The number of aliphatic hydroxyl groups excluding tert-OH is 1. The van der Waals surface area contributed by atoms with Crippen molar-refractivity contribution in [1.29, 1.82) is 0 Å². The summed E-state index contributed by atoms with van der Waals surface area (Å²) in [6.07, 6.45) is 1.66. The Morgan fingerprint density at radius 2 is 2.06 bits per heavy atom. The molecule has 0 amide bonds. The number of hydrogen-bond acceptors (Lipinski definition) is 2. The molecular formula is C15H22O2. The minimum atomic E-state index is -0.358. The van der Waals surface area contributed by atoms with Crippen LogP contribution in [0.15, 0.2) is 18.2 Å². The van der Waals surface area contributed by atoms with Gasteiger partial charge in [0.1, 0.15) is 5.75 Å². The maximum Gasteiger partial charge on any atom is 0.122 e. The molecule has 94 valence electrons. The summed E-state index contributed by atoms with van der Waals surface area (Å²) in [6.45, 7) is 7.28. The zero-order valence-electron chi connectivity index (χ0n) is 10.9. The van der Waals surface area contributed by atoms with Crippen LogP contribution in [0.3, 0.4) is 0 Å². The smallest absolute Gasteiger partial charge is 0.122 e. The van der Waals surface area contributed by atoms with E-state index in [2.05, 4.69) is 26.8 Å². The lowest BCUT2D eigenvalue weighted by Gasteiger charge is -2.21. The fourth-order valence-corrected chi connectivity index (χ4v) is 2.59. The van der Waals surface area contributed by atoms with Crippen LogP contribution >= 0.6 is 0 Å². The Bertz CT molecular complexity index is 385. The molecule has 1 aromatic carbocycles. The second-order valence-corrected chi connectivity index (χ2v) is 5.52. The van der Waals surface area contributed by atoms with Gasteiger partial charge in [-0.1, -0.05) is 26.8 Å². The fraction of sp³-hybridized carbons (Fsp3) is 0.600. The second-order valence-electron chi connectivity index (χ2n) is 5.52. The molecular weight excluding hydrogens is 212 g/mol. The Hall–Kier alpha value is -1.02. The summed E-state index contributed by atoms with van der Waals surface area (Å²) in [7, 11) is 0. The first-order valence-corrected chi connectivity index (χ1v) is 6.51. The largest absolute Gasteiger partial charge is 0.493 e. The SMILES string of the molecule is CC(C)CC(C)C(O)c1ccc2c(c1)CCO2. The fourth-order valence-electron chi connectivity index (χ4n) is 2.59. The van der Waals surface area contributed by atoms with Crippen molar-refractivity contribution >= 4 is 0 Å². The molecule has 2 atom stereocenters. The van der Waals surface area contributed by atoms with Crippen molar-refractivity contribution in [2.45, 2.75) is 39.7 Å². The first-order chi connectivity index (χ1) is 8.08. The van der Waals surface area contributed by atoms with Gasteiger partial charge in [0.05, 0.1) is 12.7 Å². The lowest BCUT2D eigenvalue weighted by molar-refractivity contribution is 0.105. The summed E-state index contributed by atoms with van der Waals surface area (Å²) in [5.41, 5.74) is 2.26. The van der Waals surface area contributed by atoms with E-state index in [-0.39, 0.29) is 6.10 Å². The molecule has 2 nitrogen and oxygen atoms in total. The van der Waals surface area contributed by atoms with Gasteiger partial charge in [-0.3, -0.25) is 0 Å². The van der Waals surface area contributed by atoms with Crippen LogP contribution in [0.5, 0.6) is 5.75 Å². The van der Waals surface area contributed by atoms with Crippen LogP contribution < -0.4 is 4.74 Å². The quantitative estimate of drug-likeness (QED) is 0.865. The predicted octanol–water partition coefficient (Wildman–Crippen LogP) is 3.34. The Labute approximate surface area is 104 Å². The lowest BCUT2D eigenvalue weighted by atomic mass is 9.89.